The second-order valence-corrected chi connectivity index (χ2v) is 11.0. The minimum Gasteiger partial charge on any atom is -0.450 e. The second-order valence-electron chi connectivity index (χ2n) is 9.03. The highest BCUT2D eigenvalue weighted by atomic mass is 32.2. The molecule has 0 aromatic carbocycles. The predicted molar refractivity (Wildman–Crippen MR) is 121 cm³/mol. The Kier molecular flexibility index (Phi) is 14.3. The Morgan fingerprint density at radius 2 is 0.880 bits per heavy atom. The van der Waals surface area contributed by atoms with Crippen LogP contribution >= 0.6 is 0 Å². The minimum absolute atomic E-state index is 0.0786. The molecule has 31 heteroatoms. The molecule has 1 fully saturated rings. The number of ether oxygens (including phenoxy) is 3. The van der Waals surface area contributed by atoms with Crippen molar-refractivity contribution in [1.29, 1.82) is 0 Å². The minimum atomic E-state index is -8.88. The van der Waals surface area contributed by atoms with Crippen LogP contribution < -0.4 is 5.73 Å². The Labute approximate surface area is 265 Å². The van der Waals surface area contributed by atoms with Gasteiger partial charge in [0, 0.05) is 26.2 Å². The van der Waals surface area contributed by atoms with Gasteiger partial charge in [0.25, 0.3) is 10.0 Å². The third-order valence-corrected chi connectivity index (χ3v) is 7.76. The van der Waals surface area contributed by atoms with Gasteiger partial charge in [0.05, 0.1) is 13.2 Å². The number of carboxylic acid groups (broad SMARTS) is 2. The van der Waals surface area contributed by atoms with E-state index >= 15 is 0 Å². The lowest BCUT2D eigenvalue weighted by molar-refractivity contribution is -0.458. The molecular weight excluding hydrogens is 785 g/mol. The van der Waals surface area contributed by atoms with Crippen molar-refractivity contribution in [2.75, 3.05) is 52.6 Å². The molecular formula is C19H20F17N3O10S. The summed E-state index contributed by atoms with van der Waals surface area (Å²) in [5.74, 6) is -51.9. The van der Waals surface area contributed by atoms with E-state index in [1.165, 1.54) is 0 Å². The summed E-state index contributed by atoms with van der Waals surface area (Å²) < 4.78 is 261. The van der Waals surface area contributed by atoms with Crippen LogP contribution in [-0.4, -0.2) is 146 Å². The maximum absolute atomic E-state index is 14.1. The smallest absolute Gasteiger partial charge is 0.450 e. The van der Waals surface area contributed by atoms with E-state index in [-0.39, 0.29) is 26.4 Å². The number of sulfonamides is 1. The van der Waals surface area contributed by atoms with Crippen molar-refractivity contribution in [3.8, 4) is 0 Å². The molecule has 50 heavy (non-hydrogen) atoms. The van der Waals surface area contributed by atoms with Crippen molar-refractivity contribution in [3.63, 3.8) is 0 Å². The van der Waals surface area contributed by atoms with Gasteiger partial charge in [-0.15, -0.1) is 0 Å². The standard InChI is InChI=1S/C13H10F17N3O3S.C6H10O7/c14-6(15,8(18,19)10(22,23)12(26,27)28)7(16,17)9(20,21)11(24,25)13(29,30)37(35,36)33-3-1-32(2-4-33)5(31)34;7-5(8)12-3-1-11-2-4-13-6(9)10/h1-4H2,(H2,31,34);1-4H2,(H,7,8)(H,9,10). The Morgan fingerprint density at radius 3 is 1.18 bits per heavy atom. The molecule has 0 aliphatic carbocycles. The molecule has 0 unspecified atom stereocenters. The van der Waals surface area contributed by atoms with Gasteiger partial charge in [0.1, 0.15) is 13.2 Å². The maximum Gasteiger partial charge on any atom is 0.505 e. The van der Waals surface area contributed by atoms with Crippen LogP contribution in [0.15, 0.2) is 0 Å². The normalized spacial score (nSPS) is 16.3. The van der Waals surface area contributed by atoms with Crippen LogP contribution in [0.3, 0.4) is 0 Å². The third-order valence-electron chi connectivity index (χ3n) is 5.81. The number of primary amides is 1. The van der Waals surface area contributed by atoms with E-state index in [0.717, 1.165) is 0 Å². The second kappa shape index (κ2) is 15.4. The number of rotatable bonds is 14. The lowest BCUT2D eigenvalue weighted by Crippen LogP contribution is -2.75. The first-order valence-corrected chi connectivity index (χ1v) is 13.5. The molecule has 0 bridgehead atoms. The van der Waals surface area contributed by atoms with Gasteiger partial charge in [-0.1, -0.05) is 0 Å². The van der Waals surface area contributed by atoms with E-state index in [9.17, 15) is 97.4 Å². The first-order valence-electron chi connectivity index (χ1n) is 12.1. The van der Waals surface area contributed by atoms with Crippen LogP contribution in [0.5, 0.6) is 0 Å². The lowest BCUT2D eigenvalue weighted by atomic mass is 9.91. The number of alkyl halides is 17. The fraction of sp³-hybridized carbons (Fsp3) is 0.842. The number of hydrogen-bond donors (Lipinski definition) is 3. The van der Waals surface area contributed by atoms with Crippen molar-refractivity contribution in [2.24, 2.45) is 5.73 Å². The van der Waals surface area contributed by atoms with E-state index in [4.69, 9.17) is 20.7 Å². The van der Waals surface area contributed by atoms with E-state index in [1.54, 1.807) is 0 Å². The SMILES string of the molecule is NC(=O)N1CCN(S(=O)(=O)C(F)(F)C(F)(F)C(F)(F)C(F)(F)C(F)(F)C(F)(F)C(F)(F)C(F)(F)F)CC1.O=C(O)OCCOCCOC(=O)O. The molecule has 0 aromatic rings. The predicted octanol–water partition coefficient (Wildman–Crippen LogP) is 4.37. The molecule has 0 radical (unpaired) electrons. The molecule has 1 aliphatic rings. The van der Waals surface area contributed by atoms with Gasteiger partial charge in [-0.3, -0.25) is 0 Å². The molecule has 0 saturated carbocycles. The number of piperazine rings is 1. The number of carbonyl (C=O) groups excluding carboxylic acids is 1. The van der Waals surface area contributed by atoms with Crippen molar-refractivity contribution >= 4 is 28.4 Å². The summed E-state index contributed by atoms with van der Waals surface area (Å²) in [4.78, 5) is 31.0. The quantitative estimate of drug-likeness (QED) is 0.129. The Balaban J connectivity index is 0.00000155. The molecule has 0 spiro atoms. The van der Waals surface area contributed by atoms with Crippen molar-refractivity contribution in [1.82, 2.24) is 9.21 Å². The zero-order valence-corrected chi connectivity index (χ0v) is 24.4. The van der Waals surface area contributed by atoms with Gasteiger partial charge in [0.2, 0.25) is 0 Å². The molecule has 296 valence electrons. The van der Waals surface area contributed by atoms with Crippen molar-refractivity contribution in [3.05, 3.63) is 0 Å². The summed E-state index contributed by atoms with van der Waals surface area (Å²) in [6.07, 6.45) is -10.6. The topological polar surface area (TPSA) is 186 Å². The first-order chi connectivity index (χ1) is 22.0. The fourth-order valence-electron chi connectivity index (χ4n) is 3.10. The van der Waals surface area contributed by atoms with Crippen LogP contribution in [0.25, 0.3) is 0 Å². The van der Waals surface area contributed by atoms with E-state index in [0.29, 0.717) is 4.90 Å². The lowest BCUT2D eigenvalue weighted by Gasteiger charge is -2.43. The molecule has 4 N–H and O–H groups in total. The Morgan fingerprint density at radius 1 is 0.560 bits per heavy atom. The van der Waals surface area contributed by atoms with Gasteiger partial charge in [-0.25, -0.2) is 22.8 Å². The van der Waals surface area contributed by atoms with Crippen LogP contribution in [0.2, 0.25) is 0 Å². The monoisotopic (exact) mass is 805 g/mol. The highest BCUT2D eigenvalue weighted by molar-refractivity contribution is 7.90. The largest absolute Gasteiger partial charge is 0.505 e. The average Bonchev–Trinajstić information content (AvgIpc) is 2.95. The van der Waals surface area contributed by atoms with Gasteiger partial charge < -0.3 is 35.1 Å². The number of amides is 2. The fourth-order valence-corrected chi connectivity index (χ4v) is 4.52. The van der Waals surface area contributed by atoms with Gasteiger partial charge in [-0.05, 0) is 0 Å². The summed E-state index contributed by atoms with van der Waals surface area (Å²) in [5.41, 5.74) is 4.73. The van der Waals surface area contributed by atoms with Gasteiger partial charge in [0.15, 0.2) is 0 Å². The molecule has 1 rings (SSSR count). The van der Waals surface area contributed by atoms with Crippen LogP contribution in [0, 0.1) is 0 Å². The van der Waals surface area contributed by atoms with E-state index in [2.05, 4.69) is 9.47 Å². The molecule has 13 nitrogen and oxygen atoms in total. The molecule has 1 heterocycles. The van der Waals surface area contributed by atoms with Crippen molar-refractivity contribution < 1.29 is 122 Å². The summed E-state index contributed by atoms with van der Waals surface area (Å²) in [7, 11) is -7.35. The summed E-state index contributed by atoms with van der Waals surface area (Å²) in [6.45, 7) is -4.94. The van der Waals surface area contributed by atoms with E-state index in [1.807, 2.05) is 0 Å². The Bertz CT molecular complexity index is 1290. The highest BCUT2D eigenvalue weighted by Crippen LogP contribution is 2.64. The van der Waals surface area contributed by atoms with Crippen LogP contribution in [0.1, 0.15) is 0 Å². The highest BCUT2D eigenvalue weighted by Gasteiger charge is 2.96. The molecule has 1 saturated heterocycles. The zero-order chi connectivity index (χ0) is 40.2. The Hall–Kier alpha value is -3.51. The molecule has 0 aromatic heterocycles. The number of nitrogens with two attached hydrogens (primary N) is 1. The number of carbonyl (C=O) groups is 3. The van der Waals surface area contributed by atoms with E-state index < -0.39 is 106 Å². The number of halogens is 17. The van der Waals surface area contributed by atoms with Crippen molar-refractivity contribution in [2.45, 2.75) is 47.0 Å². The maximum atomic E-state index is 14.1. The molecule has 2 amide bonds. The molecule has 0 atom stereocenters. The van der Waals surface area contributed by atoms with Gasteiger partial charge >= 0.3 is 65.3 Å². The third kappa shape index (κ3) is 8.67. The zero-order valence-electron chi connectivity index (χ0n) is 23.6. The van der Waals surface area contributed by atoms with Gasteiger partial charge in [-0.2, -0.15) is 78.9 Å². The number of nitrogens with zero attached hydrogens (tertiary/aromatic N) is 2. The first kappa shape index (κ1) is 46.5. The number of urea groups is 1. The van der Waals surface area contributed by atoms with Crippen LogP contribution in [-0.2, 0) is 24.2 Å². The number of hydrogen-bond acceptors (Lipinski definition) is 8. The summed E-state index contributed by atoms with van der Waals surface area (Å²) >= 11 is 0. The summed E-state index contributed by atoms with van der Waals surface area (Å²) in [5, 5.41) is 8.41. The van der Waals surface area contributed by atoms with Crippen LogP contribution in [0.4, 0.5) is 89.0 Å². The summed E-state index contributed by atoms with van der Waals surface area (Å²) in [6, 6.07) is -1.35. The average molecular weight is 805 g/mol. The molecule has 1 aliphatic heterocycles.